The Morgan fingerprint density at radius 2 is 1.83 bits per heavy atom. The summed E-state index contributed by atoms with van der Waals surface area (Å²) in [5.41, 5.74) is 1.51. The summed E-state index contributed by atoms with van der Waals surface area (Å²) in [6.07, 6.45) is 0.290. The van der Waals surface area contributed by atoms with Crippen LogP contribution in [0.15, 0.2) is 48.5 Å². The summed E-state index contributed by atoms with van der Waals surface area (Å²) in [4.78, 5) is 24.1. The molecule has 0 aliphatic heterocycles. The highest BCUT2D eigenvalue weighted by Gasteiger charge is 2.20. The molecule has 0 aliphatic carbocycles. The third kappa shape index (κ3) is 4.63. The second-order valence-electron chi connectivity index (χ2n) is 5.37. The fraction of sp³-hybridized carbons (Fsp3) is 0.222. The summed E-state index contributed by atoms with van der Waals surface area (Å²) < 4.78 is 13.2. The van der Waals surface area contributed by atoms with Gasteiger partial charge in [0.25, 0.3) is 0 Å². The van der Waals surface area contributed by atoms with Crippen LogP contribution in [0.25, 0.3) is 0 Å². The lowest BCUT2D eigenvalue weighted by molar-refractivity contribution is -0.136. The third-order valence-corrected chi connectivity index (χ3v) is 3.55. The van der Waals surface area contributed by atoms with E-state index in [1.165, 1.54) is 18.2 Å². The zero-order valence-electron chi connectivity index (χ0n) is 13.3. The zero-order chi connectivity index (χ0) is 17.5. The molecule has 24 heavy (non-hydrogen) atoms. The SMILES string of the molecule is Cc1cc(NC(=O)C(=O)NC(CCO)c2ccccc2)ccc1F. The Bertz CT molecular complexity index is 719. The van der Waals surface area contributed by atoms with E-state index in [9.17, 15) is 14.0 Å². The van der Waals surface area contributed by atoms with E-state index in [1.807, 2.05) is 30.3 Å². The second kappa shape index (κ2) is 8.21. The summed E-state index contributed by atoms with van der Waals surface area (Å²) >= 11 is 0. The Labute approximate surface area is 139 Å². The molecule has 0 fully saturated rings. The molecule has 0 aromatic heterocycles. The number of carbonyl (C=O) groups excluding carboxylic acids is 2. The van der Waals surface area contributed by atoms with Crippen molar-refractivity contribution in [3.05, 3.63) is 65.5 Å². The van der Waals surface area contributed by atoms with E-state index in [-0.39, 0.29) is 12.4 Å². The van der Waals surface area contributed by atoms with Crippen molar-refractivity contribution in [2.24, 2.45) is 0 Å². The smallest absolute Gasteiger partial charge is 0.313 e. The lowest BCUT2D eigenvalue weighted by atomic mass is 10.0. The van der Waals surface area contributed by atoms with Gasteiger partial charge in [0.1, 0.15) is 5.82 Å². The van der Waals surface area contributed by atoms with Crippen molar-refractivity contribution in [2.45, 2.75) is 19.4 Å². The number of carbonyl (C=O) groups is 2. The van der Waals surface area contributed by atoms with Gasteiger partial charge < -0.3 is 15.7 Å². The number of hydrogen-bond acceptors (Lipinski definition) is 3. The molecule has 6 heteroatoms. The number of aliphatic hydroxyl groups excluding tert-OH is 1. The number of anilines is 1. The van der Waals surface area contributed by atoms with Crippen LogP contribution in [-0.2, 0) is 9.59 Å². The Kier molecular flexibility index (Phi) is 6.03. The number of aliphatic hydroxyl groups is 1. The lowest BCUT2D eigenvalue weighted by Gasteiger charge is -2.18. The molecule has 1 atom stereocenters. The first-order valence-corrected chi connectivity index (χ1v) is 7.55. The number of amides is 2. The van der Waals surface area contributed by atoms with Gasteiger partial charge in [-0.1, -0.05) is 30.3 Å². The van der Waals surface area contributed by atoms with Crippen LogP contribution < -0.4 is 10.6 Å². The predicted molar refractivity (Wildman–Crippen MR) is 88.8 cm³/mol. The summed E-state index contributed by atoms with van der Waals surface area (Å²) in [6, 6.07) is 12.7. The maximum Gasteiger partial charge on any atom is 0.313 e. The Hall–Kier alpha value is -2.73. The van der Waals surface area contributed by atoms with Gasteiger partial charge in [-0.15, -0.1) is 0 Å². The molecular weight excluding hydrogens is 311 g/mol. The van der Waals surface area contributed by atoms with Gasteiger partial charge in [0.2, 0.25) is 0 Å². The first-order valence-electron chi connectivity index (χ1n) is 7.55. The number of benzene rings is 2. The number of nitrogens with one attached hydrogen (secondary N) is 2. The van der Waals surface area contributed by atoms with Crippen molar-refractivity contribution in [2.75, 3.05) is 11.9 Å². The zero-order valence-corrected chi connectivity index (χ0v) is 13.3. The van der Waals surface area contributed by atoms with E-state index in [1.54, 1.807) is 6.92 Å². The van der Waals surface area contributed by atoms with Crippen molar-refractivity contribution in [1.29, 1.82) is 0 Å². The quantitative estimate of drug-likeness (QED) is 0.736. The minimum atomic E-state index is -0.847. The molecule has 0 aliphatic rings. The van der Waals surface area contributed by atoms with Crippen LogP contribution in [0.1, 0.15) is 23.6 Å². The van der Waals surface area contributed by atoms with Gasteiger partial charge in [0.05, 0.1) is 6.04 Å². The van der Waals surface area contributed by atoms with Gasteiger partial charge in [-0.3, -0.25) is 9.59 Å². The first kappa shape index (κ1) is 17.6. The van der Waals surface area contributed by atoms with Crippen molar-refractivity contribution >= 4 is 17.5 Å². The average Bonchev–Trinajstić information content (AvgIpc) is 2.58. The molecular formula is C18H19FN2O3. The Balaban J connectivity index is 2.03. The van der Waals surface area contributed by atoms with Gasteiger partial charge in [0, 0.05) is 12.3 Å². The minimum Gasteiger partial charge on any atom is -0.396 e. The van der Waals surface area contributed by atoms with E-state index < -0.39 is 17.9 Å². The van der Waals surface area contributed by atoms with Crippen LogP contribution in [0, 0.1) is 12.7 Å². The fourth-order valence-electron chi connectivity index (χ4n) is 2.27. The van der Waals surface area contributed by atoms with Gasteiger partial charge in [-0.25, -0.2) is 4.39 Å². The van der Waals surface area contributed by atoms with Crippen molar-refractivity contribution < 1.29 is 19.1 Å². The fourth-order valence-corrected chi connectivity index (χ4v) is 2.27. The monoisotopic (exact) mass is 330 g/mol. The van der Waals surface area contributed by atoms with Crippen LogP contribution in [0.4, 0.5) is 10.1 Å². The maximum absolute atomic E-state index is 13.2. The Morgan fingerprint density at radius 3 is 2.46 bits per heavy atom. The van der Waals surface area contributed by atoms with E-state index >= 15 is 0 Å². The van der Waals surface area contributed by atoms with Gasteiger partial charge in [-0.05, 0) is 42.7 Å². The normalized spacial score (nSPS) is 11.6. The average molecular weight is 330 g/mol. The van der Waals surface area contributed by atoms with Crippen LogP contribution in [-0.4, -0.2) is 23.5 Å². The molecule has 2 amide bonds. The highest BCUT2D eigenvalue weighted by Crippen LogP contribution is 2.17. The highest BCUT2D eigenvalue weighted by atomic mass is 19.1. The maximum atomic E-state index is 13.2. The predicted octanol–water partition coefficient (Wildman–Crippen LogP) is 2.31. The largest absolute Gasteiger partial charge is 0.396 e. The molecule has 5 nitrogen and oxygen atoms in total. The second-order valence-corrected chi connectivity index (χ2v) is 5.37. The highest BCUT2D eigenvalue weighted by molar-refractivity contribution is 6.39. The van der Waals surface area contributed by atoms with Gasteiger partial charge in [0.15, 0.2) is 0 Å². The van der Waals surface area contributed by atoms with Crippen molar-refractivity contribution in [3.8, 4) is 0 Å². The summed E-state index contributed by atoms with van der Waals surface area (Å²) in [5, 5.41) is 14.2. The molecule has 0 saturated heterocycles. The number of hydrogen-bond donors (Lipinski definition) is 3. The van der Waals surface area contributed by atoms with Crippen LogP contribution in [0.2, 0.25) is 0 Å². The molecule has 2 aromatic rings. The van der Waals surface area contributed by atoms with E-state index in [0.29, 0.717) is 17.7 Å². The van der Waals surface area contributed by atoms with Crippen molar-refractivity contribution in [1.82, 2.24) is 5.32 Å². The number of halogens is 1. The van der Waals surface area contributed by atoms with Gasteiger partial charge >= 0.3 is 11.8 Å². The number of rotatable bonds is 5. The van der Waals surface area contributed by atoms with Gasteiger partial charge in [-0.2, -0.15) is 0 Å². The summed E-state index contributed by atoms with van der Waals surface area (Å²) in [6.45, 7) is 1.44. The lowest BCUT2D eigenvalue weighted by Crippen LogP contribution is -2.38. The molecule has 1 unspecified atom stereocenters. The molecule has 2 aromatic carbocycles. The van der Waals surface area contributed by atoms with Crippen LogP contribution >= 0.6 is 0 Å². The molecule has 3 N–H and O–H groups in total. The topological polar surface area (TPSA) is 78.4 Å². The standard InChI is InChI=1S/C18H19FN2O3/c1-12-11-14(7-8-15(12)19)20-17(23)18(24)21-16(9-10-22)13-5-3-2-4-6-13/h2-8,11,16,22H,9-10H2,1H3,(H,20,23)(H,21,24). The summed E-state index contributed by atoms with van der Waals surface area (Å²) in [5.74, 6) is -2.05. The first-order chi connectivity index (χ1) is 11.5. The molecule has 0 bridgehead atoms. The number of aryl methyl sites for hydroxylation is 1. The Morgan fingerprint density at radius 1 is 1.12 bits per heavy atom. The molecule has 0 heterocycles. The van der Waals surface area contributed by atoms with Crippen LogP contribution in [0.3, 0.4) is 0 Å². The molecule has 0 saturated carbocycles. The molecule has 126 valence electrons. The molecule has 0 radical (unpaired) electrons. The summed E-state index contributed by atoms with van der Waals surface area (Å²) in [7, 11) is 0. The van der Waals surface area contributed by atoms with E-state index in [2.05, 4.69) is 10.6 Å². The minimum absolute atomic E-state index is 0.126. The molecule has 2 rings (SSSR count). The van der Waals surface area contributed by atoms with E-state index in [4.69, 9.17) is 5.11 Å². The van der Waals surface area contributed by atoms with Crippen LogP contribution in [0.5, 0.6) is 0 Å². The molecule has 0 spiro atoms. The van der Waals surface area contributed by atoms with E-state index in [0.717, 1.165) is 5.56 Å². The third-order valence-electron chi connectivity index (χ3n) is 3.55. The van der Waals surface area contributed by atoms with Crippen molar-refractivity contribution in [3.63, 3.8) is 0 Å².